The molecule has 0 aromatic heterocycles. The summed E-state index contributed by atoms with van der Waals surface area (Å²) < 4.78 is 11.2. The molecule has 0 bridgehead atoms. The molecule has 2 aliphatic rings. The van der Waals surface area contributed by atoms with Gasteiger partial charge in [-0.25, -0.2) is 0 Å². The van der Waals surface area contributed by atoms with Crippen molar-refractivity contribution in [3.8, 4) is 11.5 Å². The largest absolute Gasteiger partial charge is 0.507 e. The predicted octanol–water partition coefficient (Wildman–Crippen LogP) is 3.68. The zero-order valence-corrected chi connectivity index (χ0v) is 21.5. The molecule has 0 unspecified atom stereocenters. The van der Waals surface area contributed by atoms with Gasteiger partial charge >= 0.3 is 0 Å². The van der Waals surface area contributed by atoms with E-state index in [1.165, 1.54) is 0 Å². The molecule has 2 aromatic carbocycles. The number of benzene rings is 2. The zero-order chi connectivity index (χ0) is 25.8. The fourth-order valence-corrected chi connectivity index (χ4v) is 4.76. The molecule has 8 nitrogen and oxygen atoms in total. The van der Waals surface area contributed by atoms with Gasteiger partial charge in [-0.2, -0.15) is 0 Å². The van der Waals surface area contributed by atoms with Gasteiger partial charge in [-0.3, -0.25) is 9.59 Å². The fourth-order valence-electron chi connectivity index (χ4n) is 4.76. The summed E-state index contributed by atoms with van der Waals surface area (Å²) in [6.07, 6.45) is 0.727. The van der Waals surface area contributed by atoms with Crippen LogP contribution >= 0.6 is 0 Å². The van der Waals surface area contributed by atoms with Crippen LogP contribution in [-0.4, -0.2) is 80.1 Å². The van der Waals surface area contributed by atoms with E-state index in [9.17, 15) is 14.7 Å². The number of aliphatic hydroxyl groups excluding tert-OH is 1. The number of ether oxygens (including phenoxy) is 2. The van der Waals surface area contributed by atoms with Gasteiger partial charge in [0.05, 0.1) is 11.6 Å². The molecule has 1 N–H and O–H groups in total. The zero-order valence-electron chi connectivity index (χ0n) is 21.5. The maximum Gasteiger partial charge on any atom is 0.295 e. The van der Waals surface area contributed by atoms with Crippen LogP contribution in [0.25, 0.3) is 5.76 Å². The van der Waals surface area contributed by atoms with E-state index >= 15 is 0 Å². The van der Waals surface area contributed by atoms with E-state index in [2.05, 4.69) is 18.7 Å². The highest BCUT2D eigenvalue weighted by molar-refractivity contribution is 6.46. The summed E-state index contributed by atoms with van der Waals surface area (Å²) in [6.45, 7) is 8.17. The van der Waals surface area contributed by atoms with Crippen molar-refractivity contribution >= 4 is 23.1 Å². The van der Waals surface area contributed by atoms with Gasteiger partial charge in [0.1, 0.15) is 19.0 Å². The number of fused-ring (bicyclic) bond motifs is 1. The highest BCUT2D eigenvalue weighted by Gasteiger charge is 2.45. The summed E-state index contributed by atoms with van der Waals surface area (Å²) in [5, 5.41) is 11.4. The first-order valence-corrected chi connectivity index (χ1v) is 12.5. The summed E-state index contributed by atoms with van der Waals surface area (Å²) >= 11 is 0. The van der Waals surface area contributed by atoms with Crippen LogP contribution in [0.1, 0.15) is 37.4 Å². The third kappa shape index (κ3) is 5.04. The first kappa shape index (κ1) is 25.6. The quantitative estimate of drug-likeness (QED) is 0.324. The minimum absolute atomic E-state index is 0.0946. The first-order valence-electron chi connectivity index (χ1n) is 12.5. The number of carbonyl (C=O) groups is 2. The summed E-state index contributed by atoms with van der Waals surface area (Å²) in [5.74, 6) is -0.378. The van der Waals surface area contributed by atoms with Gasteiger partial charge in [-0.1, -0.05) is 26.0 Å². The molecule has 36 heavy (non-hydrogen) atoms. The molecule has 0 radical (unpaired) electrons. The normalized spacial score (nSPS) is 18.7. The molecule has 2 aliphatic heterocycles. The number of rotatable bonds is 9. The van der Waals surface area contributed by atoms with Crippen molar-refractivity contribution in [1.82, 2.24) is 9.80 Å². The van der Waals surface area contributed by atoms with Crippen LogP contribution in [-0.2, 0) is 9.59 Å². The average Bonchev–Trinajstić information content (AvgIpc) is 3.15. The monoisotopic (exact) mass is 493 g/mol. The van der Waals surface area contributed by atoms with Crippen molar-refractivity contribution in [2.75, 3.05) is 58.4 Å². The van der Waals surface area contributed by atoms with Gasteiger partial charge in [0.2, 0.25) is 0 Å². The summed E-state index contributed by atoms with van der Waals surface area (Å²) in [6, 6.07) is 12.1. The van der Waals surface area contributed by atoms with Gasteiger partial charge < -0.3 is 29.3 Å². The molecule has 8 heteroatoms. The van der Waals surface area contributed by atoms with E-state index in [0.29, 0.717) is 36.8 Å². The Morgan fingerprint density at radius 3 is 2.31 bits per heavy atom. The molecule has 2 heterocycles. The Morgan fingerprint density at radius 1 is 1.00 bits per heavy atom. The van der Waals surface area contributed by atoms with Crippen molar-refractivity contribution in [3.63, 3.8) is 0 Å². The lowest BCUT2D eigenvalue weighted by atomic mass is 9.95. The van der Waals surface area contributed by atoms with Crippen LogP contribution < -0.4 is 14.4 Å². The van der Waals surface area contributed by atoms with Crippen LogP contribution in [0.15, 0.2) is 48.0 Å². The number of hydrogen-bond acceptors (Lipinski definition) is 7. The maximum atomic E-state index is 13.3. The SMILES string of the molecule is CCN(CC)CCCN1C(=O)C(=O)C(=C(O)c2ccc3c(c2)OCCO3)[C@H]1c1ccc(N(C)C)cc1. The minimum atomic E-state index is -0.675. The molecule has 1 saturated heterocycles. The first-order chi connectivity index (χ1) is 17.3. The second-order valence-electron chi connectivity index (χ2n) is 9.22. The molecule has 0 spiro atoms. The molecule has 0 aliphatic carbocycles. The number of amides is 1. The number of hydrogen-bond donors (Lipinski definition) is 1. The second kappa shape index (κ2) is 11.0. The molecular formula is C28H35N3O5. The van der Waals surface area contributed by atoms with E-state index in [0.717, 1.165) is 37.3 Å². The lowest BCUT2D eigenvalue weighted by molar-refractivity contribution is -0.140. The van der Waals surface area contributed by atoms with E-state index < -0.39 is 17.7 Å². The highest BCUT2D eigenvalue weighted by atomic mass is 16.6. The Balaban J connectivity index is 1.74. The number of nitrogens with zero attached hydrogens (tertiary/aromatic N) is 3. The predicted molar refractivity (Wildman–Crippen MR) is 140 cm³/mol. The minimum Gasteiger partial charge on any atom is -0.507 e. The topological polar surface area (TPSA) is 82.6 Å². The van der Waals surface area contributed by atoms with Gasteiger partial charge in [-0.15, -0.1) is 0 Å². The van der Waals surface area contributed by atoms with Crippen molar-refractivity contribution in [1.29, 1.82) is 0 Å². The van der Waals surface area contributed by atoms with E-state index in [4.69, 9.17) is 9.47 Å². The van der Waals surface area contributed by atoms with Crippen molar-refractivity contribution in [3.05, 3.63) is 59.2 Å². The Bertz CT molecular complexity index is 1140. The van der Waals surface area contributed by atoms with Gasteiger partial charge in [0, 0.05) is 31.9 Å². The van der Waals surface area contributed by atoms with Crippen LogP contribution in [0, 0.1) is 0 Å². The summed E-state index contributed by atoms with van der Waals surface area (Å²) in [4.78, 5) is 32.4. The number of likely N-dealkylation sites (tertiary alicyclic amines) is 1. The number of Topliss-reactive ketones (excluding diaryl/α,β-unsaturated/α-hetero) is 1. The van der Waals surface area contributed by atoms with E-state index in [1.54, 1.807) is 23.1 Å². The Hall–Kier alpha value is -3.52. The maximum absolute atomic E-state index is 13.3. The lowest BCUT2D eigenvalue weighted by Crippen LogP contribution is -2.33. The van der Waals surface area contributed by atoms with Crippen LogP contribution in [0.5, 0.6) is 11.5 Å². The number of aliphatic hydroxyl groups is 1. The average molecular weight is 494 g/mol. The highest BCUT2D eigenvalue weighted by Crippen LogP contribution is 2.41. The van der Waals surface area contributed by atoms with E-state index in [-0.39, 0.29) is 11.3 Å². The fraction of sp³-hybridized carbons (Fsp3) is 0.429. The molecule has 2 aromatic rings. The van der Waals surface area contributed by atoms with Crippen molar-refractivity contribution in [2.24, 2.45) is 0 Å². The second-order valence-corrected chi connectivity index (χ2v) is 9.22. The molecule has 1 amide bonds. The van der Waals surface area contributed by atoms with E-state index in [1.807, 2.05) is 43.3 Å². The molecular weight excluding hydrogens is 458 g/mol. The third-order valence-corrected chi connectivity index (χ3v) is 6.85. The van der Waals surface area contributed by atoms with Gasteiger partial charge in [0.15, 0.2) is 11.5 Å². The Kier molecular flexibility index (Phi) is 7.84. The molecule has 0 saturated carbocycles. The standard InChI is InChI=1S/C28H35N3O5/c1-5-30(6-2)14-7-15-31-25(19-8-11-21(12-9-19)29(3)4)24(27(33)28(31)34)26(32)20-10-13-22-23(18-20)36-17-16-35-22/h8-13,18,25,32H,5-7,14-17H2,1-4H3/t25-/m1/s1. The van der Waals surface area contributed by atoms with Gasteiger partial charge in [0.25, 0.3) is 11.7 Å². The Morgan fingerprint density at radius 2 is 1.67 bits per heavy atom. The molecule has 4 rings (SSSR count). The van der Waals surface area contributed by atoms with Crippen molar-refractivity contribution in [2.45, 2.75) is 26.3 Å². The van der Waals surface area contributed by atoms with Crippen LogP contribution in [0.3, 0.4) is 0 Å². The lowest BCUT2D eigenvalue weighted by Gasteiger charge is -2.27. The number of carbonyl (C=O) groups excluding carboxylic acids is 2. The molecule has 1 atom stereocenters. The summed E-state index contributed by atoms with van der Waals surface area (Å²) in [5.41, 5.74) is 2.29. The number of ketones is 1. The summed E-state index contributed by atoms with van der Waals surface area (Å²) in [7, 11) is 3.91. The van der Waals surface area contributed by atoms with Crippen LogP contribution in [0.4, 0.5) is 5.69 Å². The third-order valence-electron chi connectivity index (χ3n) is 6.85. The van der Waals surface area contributed by atoms with Crippen LogP contribution in [0.2, 0.25) is 0 Å². The Labute approximate surface area is 212 Å². The van der Waals surface area contributed by atoms with Gasteiger partial charge in [-0.05, 0) is 62.0 Å². The van der Waals surface area contributed by atoms with Crippen molar-refractivity contribution < 1.29 is 24.2 Å². The molecule has 1 fully saturated rings. The molecule has 192 valence electrons. The number of anilines is 1. The smallest absolute Gasteiger partial charge is 0.295 e.